The molecular formula is C24H17ClF3N3O3. The Morgan fingerprint density at radius 1 is 1.00 bits per heavy atom. The summed E-state index contributed by atoms with van der Waals surface area (Å²) in [5.74, 6) is 0.733. The number of alkyl halides is 3. The second-order valence-corrected chi connectivity index (χ2v) is 7.53. The lowest BCUT2D eigenvalue weighted by Gasteiger charge is -2.12. The first-order valence-electron chi connectivity index (χ1n) is 9.88. The molecule has 0 unspecified atom stereocenters. The third-order valence-corrected chi connectivity index (χ3v) is 5.34. The Labute approximate surface area is 196 Å². The summed E-state index contributed by atoms with van der Waals surface area (Å²) in [7, 11) is 2.92. The molecule has 0 atom stereocenters. The summed E-state index contributed by atoms with van der Waals surface area (Å²) in [5, 5.41) is 4.77. The van der Waals surface area contributed by atoms with Crippen LogP contribution >= 0.6 is 11.6 Å². The number of hydrogen-bond acceptors (Lipinski definition) is 5. The molecule has 0 aliphatic rings. The average molecular weight is 488 g/mol. The highest BCUT2D eigenvalue weighted by Crippen LogP contribution is 2.33. The second-order valence-electron chi connectivity index (χ2n) is 7.12. The molecule has 0 radical (unpaired) electrons. The molecule has 0 aliphatic carbocycles. The van der Waals surface area contributed by atoms with Crippen molar-refractivity contribution < 1.29 is 22.6 Å². The molecule has 0 N–H and O–H groups in total. The van der Waals surface area contributed by atoms with E-state index in [1.165, 1.54) is 38.6 Å². The van der Waals surface area contributed by atoms with Crippen LogP contribution in [0.25, 0.3) is 22.3 Å². The Morgan fingerprint density at radius 2 is 1.71 bits per heavy atom. The fourth-order valence-corrected chi connectivity index (χ4v) is 3.54. The SMILES string of the molecule is COc1cc(Cl)c(C=Nn2c(-c3cccc(C(F)(F)F)c3)nc3ccccc3c2=O)cc1OC. The third kappa shape index (κ3) is 4.47. The van der Waals surface area contributed by atoms with Crippen LogP contribution in [0, 0.1) is 0 Å². The Balaban J connectivity index is 1.93. The van der Waals surface area contributed by atoms with Crippen molar-refractivity contribution in [3.8, 4) is 22.9 Å². The molecule has 0 saturated heterocycles. The van der Waals surface area contributed by atoms with Crippen molar-refractivity contribution >= 4 is 28.7 Å². The second kappa shape index (κ2) is 9.18. The van der Waals surface area contributed by atoms with E-state index in [1.807, 2.05) is 0 Å². The van der Waals surface area contributed by atoms with Gasteiger partial charge in [-0.1, -0.05) is 35.9 Å². The Kier molecular flexibility index (Phi) is 6.30. The van der Waals surface area contributed by atoms with Gasteiger partial charge in [0.2, 0.25) is 0 Å². The van der Waals surface area contributed by atoms with Crippen molar-refractivity contribution in [3.63, 3.8) is 0 Å². The predicted molar refractivity (Wildman–Crippen MR) is 124 cm³/mol. The van der Waals surface area contributed by atoms with Crippen LogP contribution in [0.1, 0.15) is 11.1 Å². The molecule has 34 heavy (non-hydrogen) atoms. The van der Waals surface area contributed by atoms with Crippen molar-refractivity contribution in [1.82, 2.24) is 9.66 Å². The third-order valence-electron chi connectivity index (χ3n) is 5.02. The van der Waals surface area contributed by atoms with Crippen LogP contribution in [0.4, 0.5) is 13.2 Å². The summed E-state index contributed by atoms with van der Waals surface area (Å²) < 4.78 is 51.4. The standard InChI is InChI=1S/C24H17ClF3N3O3/c1-33-20-11-15(18(25)12-21(20)34-2)13-29-31-22(14-6-5-7-16(10-14)24(26,27)28)30-19-9-4-3-8-17(19)23(31)32/h3-13H,1-2H3. The van der Waals surface area contributed by atoms with Crippen molar-refractivity contribution in [1.29, 1.82) is 0 Å². The maximum absolute atomic E-state index is 13.3. The van der Waals surface area contributed by atoms with Crippen LogP contribution in [0.3, 0.4) is 0 Å². The first-order valence-corrected chi connectivity index (χ1v) is 10.3. The van der Waals surface area contributed by atoms with Crippen molar-refractivity contribution in [2.45, 2.75) is 6.18 Å². The number of methoxy groups -OCH3 is 2. The summed E-state index contributed by atoms with van der Waals surface area (Å²) in [4.78, 5) is 17.7. The maximum Gasteiger partial charge on any atom is 0.416 e. The highest BCUT2D eigenvalue weighted by atomic mass is 35.5. The molecule has 1 heterocycles. The fourth-order valence-electron chi connectivity index (χ4n) is 3.34. The van der Waals surface area contributed by atoms with Crippen LogP contribution < -0.4 is 15.0 Å². The van der Waals surface area contributed by atoms with Crippen LogP contribution in [0.15, 0.2) is 70.6 Å². The first-order chi connectivity index (χ1) is 16.2. The van der Waals surface area contributed by atoms with Crippen molar-refractivity contribution in [3.05, 3.63) is 87.2 Å². The van der Waals surface area contributed by atoms with Gasteiger partial charge in [-0.15, -0.1) is 0 Å². The van der Waals surface area contributed by atoms with Crippen LogP contribution in [0.2, 0.25) is 5.02 Å². The number of aromatic nitrogens is 2. The molecule has 0 amide bonds. The Morgan fingerprint density at radius 3 is 2.41 bits per heavy atom. The van der Waals surface area contributed by atoms with Gasteiger partial charge in [-0.3, -0.25) is 4.79 Å². The van der Waals surface area contributed by atoms with E-state index in [0.717, 1.165) is 16.8 Å². The largest absolute Gasteiger partial charge is 0.493 e. The normalized spacial score (nSPS) is 11.8. The lowest BCUT2D eigenvalue weighted by atomic mass is 10.1. The number of halogens is 4. The van der Waals surface area contributed by atoms with Gasteiger partial charge < -0.3 is 9.47 Å². The first kappa shape index (κ1) is 23.3. The van der Waals surface area contributed by atoms with Crippen molar-refractivity contribution in [2.24, 2.45) is 5.10 Å². The zero-order valence-electron chi connectivity index (χ0n) is 17.9. The molecule has 0 spiro atoms. The topological polar surface area (TPSA) is 65.7 Å². The molecule has 0 fully saturated rings. The monoisotopic (exact) mass is 487 g/mol. The molecule has 0 saturated carbocycles. The highest BCUT2D eigenvalue weighted by molar-refractivity contribution is 6.33. The Hall–Kier alpha value is -3.85. The summed E-state index contributed by atoms with van der Waals surface area (Å²) in [6.07, 6.45) is -3.26. The number of fused-ring (bicyclic) bond motifs is 1. The average Bonchev–Trinajstić information content (AvgIpc) is 2.83. The number of para-hydroxylation sites is 1. The summed E-state index contributed by atoms with van der Waals surface area (Å²) in [6.45, 7) is 0. The number of hydrogen-bond donors (Lipinski definition) is 0. The summed E-state index contributed by atoms with van der Waals surface area (Å²) >= 11 is 6.31. The number of benzene rings is 3. The van der Waals surface area contributed by atoms with Gasteiger partial charge >= 0.3 is 6.18 Å². The number of ether oxygens (including phenoxy) is 2. The minimum atomic E-state index is -4.56. The molecule has 4 aromatic rings. The molecule has 0 aliphatic heterocycles. The van der Waals surface area contributed by atoms with Crippen LogP contribution in [-0.4, -0.2) is 30.1 Å². The predicted octanol–water partition coefficient (Wildman–Crippen LogP) is 5.64. The van der Waals surface area contributed by atoms with Crippen LogP contribution in [0.5, 0.6) is 11.5 Å². The van der Waals surface area contributed by atoms with E-state index in [0.29, 0.717) is 22.6 Å². The van der Waals surface area contributed by atoms with Gasteiger partial charge in [0.05, 0.1) is 41.9 Å². The minimum absolute atomic E-state index is 0.0531. The van der Waals surface area contributed by atoms with E-state index >= 15 is 0 Å². The van der Waals surface area contributed by atoms with E-state index < -0.39 is 17.3 Å². The van der Waals surface area contributed by atoms with Gasteiger partial charge in [-0.2, -0.15) is 22.9 Å². The van der Waals surface area contributed by atoms with Gasteiger partial charge in [0.1, 0.15) is 0 Å². The smallest absolute Gasteiger partial charge is 0.416 e. The number of rotatable bonds is 5. The van der Waals surface area contributed by atoms with E-state index in [2.05, 4.69) is 10.1 Å². The van der Waals surface area contributed by atoms with E-state index in [4.69, 9.17) is 21.1 Å². The van der Waals surface area contributed by atoms with Crippen molar-refractivity contribution in [2.75, 3.05) is 14.2 Å². The van der Waals surface area contributed by atoms with Gasteiger partial charge in [0.15, 0.2) is 17.3 Å². The molecule has 10 heteroatoms. The molecule has 174 valence electrons. The summed E-state index contributed by atoms with van der Waals surface area (Å²) in [6, 6.07) is 14.1. The van der Waals surface area contributed by atoms with E-state index in [9.17, 15) is 18.0 Å². The van der Waals surface area contributed by atoms with Gasteiger partial charge in [-0.25, -0.2) is 4.98 Å². The highest BCUT2D eigenvalue weighted by Gasteiger charge is 2.31. The fraction of sp³-hybridized carbons (Fsp3) is 0.125. The quantitative estimate of drug-likeness (QED) is 0.342. The molecule has 4 rings (SSSR count). The lowest BCUT2D eigenvalue weighted by Crippen LogP contribution is -2.20. The van der Waals surface area contributed by atoms with E-state index in [1.54, 1.807) is 30.3 Å². The van der Waals surface area contributed by atoms with Gasteiger partial charge in [0, 0.05) is 17.2 Å². The molecule has 6 nitrogen and oxygen atoms in total. The zero-order chi connectivity index (χ0) is 24.5. The lowest BCUT2D eigenvalue weighted by molar-refractivity contribution is -0.137. The molecular weight excluding hydrogens is 471 g/mol. The van der Waals surface area contributed by atoms with Crippen LogP contribution in [-0.2, 0) is 6.18 Å². The zero-order valence-corrected chi connectivity index (χ0v) is 18.7. The maximum atomic E-state index is 13.3. The molecule has 3 aromatic carbocycles. The van der Waals surface area contributed by atoms with E-state index in [-0.39, 0.29) is 21.8 Å². The Bertz CT molecular complexity index is 1470. The number of nitrogens with zero attached hydrogens (tertiary/aromatic N) is 3. The molecule has 1 aromatic heterocycles. The minimum Gasteiger partial charge on any atom is -0.493 e. The summed E-state index contributed by atoms with van der Waals surface area (Å²) in [5.41, 5.74) is -0.616. The molecule has 0 bridgehead atoms. The van der Waals surface area contributed by atoms with Gasteiger partial charge in [0.25, 0.3) is 5.56 Å². The van der Waals surface area contributed by atoms with Gasteiger partial charge in [-0.05, 0) is 30.3 Å².